The summed E-state index contributed by atoms with van der Waals surface area (Å²) in [4.78, 5) is 0. The number of rotatable bonds is 3. The highest BCUT2D eigenvalue weighted by molar-refractivity contribution is 5.51. The summed E-state index contributed by atoms with van der Waals surface area (Å²) in [5.41, 5.74) is 2.29. The minimum atomic E-state index is 0.475. The van der Waals surface area contributed by atoms with Gasteiger partial charge in [0.25, 0.3) is 0 Å². The number of aryl methyl sites for hydroxylation is 1. The minimum Gasteiger partial charge on any atom is -0.496 e. The molecule has 0 saturated carbocycles. The van der Waals surface area contributed by atoms with Crippen LogP contribution in [0.5, 0.6) is 5.75 Å². The quantitative estimate of drug-likeness (QED) is 0.794. The molecule has 0 unspecified atom stereocenters. The van der Waals surface area contributed by atoms with Gasteiger partial charge in [-0.3, -0.25) is 0 Å². The lowest BCUT2D eigenvalue weighted by atomic mass is 10.1. The first kappa shape index (κ1) is 9.34. The summed E-state index contributed by atoms with van der Waals surface area (Å²) >= 11 is 0. The van der Waals surface area contributed by atoms with Crippen molar-refractivity contribution in [2.24, 2.45) is 0 Å². The van der Waals surface area contributed by atoms with Gasteiger partial charge >= 0.3 is 0 Å². The molecule has 14 heavy (non-hydrogen) atoms. The van der Waals surface area contributed by atoms with Crippen LogP contribution >= 0.6 is 0 Å². The van der Waals surface area contributed by atoms with Crippen molar-refractivity contribution < 1.29 is 9.47 Å². The number of nitrogens with one attached hydrogen (secondary N) is 1. The summed E-state index contributed by atoms with van der Waals surface area (Å²) < 4.78 is 10.3. The summed E-state index contributed by atoms with van der Waals surface area (Å²) in [6.45, 7) is 3.66. The Hall–Kier alpha value is -1.22. The largest absolute Gasteiger partial charge is 0.496 e. The molecule has 1 saturated heterocycles. The van der Waals surface area contributed by atoms with E-state index in [0.717, 1.165) is 30.2 Å². The Morgan fingerprint density at radius 1 is 1.43 bits per heavy atom. The number of anilines is 1. The van der Waals surface area contributed by atoms with Crippen LogP contribution in [0, 0.1) is 6.92 Å². The fourth-order valence-electron chi connectivity index (χ4n) is 1.52. The van der Waals surface area contributed by atoms with E-state index in [1.807, 2.05) is 19.1 Å². The smallest absolute Gasteiger partial charge is 0.121 e. The molecule has 1 N–H and O–H groups in total. The highest BCUT2D eigenvalue weighted by atomic mass is 16.5. The molecule has 0 amide bonds. The van der Waals surface area contributed by atoms with Crippen LogP contribution < -0.4 is 10.1 Å². The lowest BCUT2D eigenvalue weighted by molar-refractivity contribution is 0.0211. The van der Waals surface area contributed by atoms with Gasteiger partial charge < -0.3 is 14.8 Å². The van der Waals surface area contributed by atoms with E-state index in [1.54, 1.807) is 7.11 Å². The maximum absolute atomic E-state index is 5.19. The van der Waals surface area contributed by atoms with Crippen LogP contribution in [0.4, 0.5) is 5.69 Å². The Bertz CT molecular complexity index is 321. The molecule has 1 aliphatic rings. The predicted molar refractivity (Wildman–Crippen MR) is 56.0 cm³/mol. The number of hydrogen-bond donors (Lipinski definition) is 1. The molecule has 0 radical (unpaired) electrons. The molecule has 2 rings (SSSR count). The van der Waals surface area contributed by atoms with Crippen molar-refractivity contribution in [2.45, 2.75) is 13.0 Å². The zero-order valence-corrected chi connectivity index (χ0v) is 8.54. The summed E-state index contributed by atoms with van der Waals surface area (Å²) in [5, 5.41) is 3.39. The Morgan fingerprint density at radius 3 is 2.71 bits per heavy atom. The van der Waals surface area contributed by atoms with Crippen LogP contribution in [0.25, 0.3) is 0 Å². The fraction of sp³-hybridized carbons (Fsp3) is 0.455. The van der Waals surface area contributed by atoms with Crippen LogP contribution in [-0.2, 0) is 4.74 Å². The van der Waals surface area contributed by atoms with E-state index in [1.165, 1.54) is 0 Å². The Kier molecular flexibility index (Phi) is 2.59. The van der Waals surface area contributed by atoms with Crippen molar-refractivity contribution in [1.82, 2.24) is 0 Å². The maximum Gasteiger partial charge on any atom is 0.121 e. The summed E-state index contributed by atoms with van der Waals surface area (Å²) in [6, 6.07) is 6.58. The standard InChI is InChI=1S/C11H15NO2/c1-8-5-9(3-4-11(8)13-2)12-10-6-14-7-10/h3-5,10,12H,6-7H2,1-2H3. The number of hydrogen-bond acceptors (Lipinski definition) is 3. The number of methoxy groups -OCH3 is 1. The van der Waals surface area contributed by atoms with Crippen LogP contribution in [0.2, 0.25) is 0 Å². The molecule has 1 aliphatic heterocycles. The number of benzene rings is 1. The zero-order chi connectivity index (χ0) is 9.97. The van der Waals surface area contributed by atoms with Crippen molar-refractivity contribution in [2.75, 3.05) is 25.6 Å². The number of ether oxygens (including phenoxy) is 2. The molecular formula is C11H15NO2. The van der Waals surface area contributed by atoms with E-state index in [-0.39, 0.29) is 0 Å². The molecule has 76 valence electrons. The van der Waals surface area contributed by atoms with Crippen molar-refractivity contribution >= 4 is 5.69 Å². The first-order chi connectivity index (χ1) is 6.79. The third-order valence-electron chi connectivity index (χ3n) is 2.40. The van der Waals surface area contributed by atoms with Crippen molar-refractivity contribution in [3.05, 3.63) is 23.8 Å². The molecule has 1 aromatic carbocycles. The maximum atomic E-state index is 5.19. The van der Waals surface area contributed by atoms with Gasteiger partial charge in [-0.15, -0.1) is 0 Å². The van der Waals surface area contributed by atoms with E-state index >= 15 is 0 Å². The zero-order valence-electron chi connectivity index (χ0n) is 8.54. The normalized spacial score (nSPS) is 16.1. The van der Waals surface area contributed by atoms with Gasteiger partial charge in [0.15, 0.2) is 0 Å². The highest BCUT2D eigenvalue weighted by Crippen LogP contribution is 2.22. The van der Waals surface area contributed by atoms with Gasteiger partial charge in [0, 0.05) is 5.69 Å². The van der Waals surface area contributed by atoms with E-state index in [4.69, 9.17) is 9.47 Å². The molecule has 0 atom stereocenters. The first-order valence-corrected chi connectivity index (χ1v) is 4.78. The van der Waals surface area contributed by atoms with Gasteiger partial charge in [-0.25, -0.2) is 0 Å². The van der Waals surface area contributed by atoms with Crippen molar-refractivity contribution in [3.8, 4) is 5.75 Å². The molecule has 1 fully saturated rings. The molecule has 3 nitrogen and oxygen atoms in total. The summed E-state index contributed by atoms with van der Waals surface area (Å²) in [6.07, 6.45) is 0. The molecule has 0 spiro atoms. The second kappa shape index (κ2) is 3.88. The van der Waals surface area contributed by atoms with Gasteiger partial charge in [0.1, 0.15) is 5.75 Å². The summed E-state index contributed by atoms with van der Waals surface area (Å²) in [7, 11) is 1.69. The molecule has 3 heteroatoms. The van der Waals surface area contributed by atoms with Crippen LogP contribution in [0.15, 0.2) is 18.2 Å². The molecule has 1 aromatic rings. The Balaban J connectivity index is 2.07. The average molecular weight is 193 g/mol. The fourth-order valence-corrected chi connectivity index (χ4v) is 1.52. The molecule has 1 heterocycles. The molecule has 0 bridgehead atoms. The SMILES string of the molecule is COc1ccc(NC2COC2)cc1C. The highest BCUT2D eigenvalue weighted by Gasteiger charge is 2.17. The first-order valence-electron chi connectivity index (χ1n) is 4.78. The van der Waals surface area contributed by atoms with Crippen LogP contribution in [-0.4, -0.2) is 26.4 Å². The topological polar surface area (TPSA) is 30.5 Å². The van der Waals surface area contributed by atoms with Crippen molar-refractivity contribution in [1.29, 1.82) is 0 Å². The lowest BCUT2D eigenvalue weighted by Gasteiger charge is -2.28. The van der Waals surface area contributed by atoms with Gasteiger partial charge in [-0.05, 0) is 30.7 Å². The Morgan fingerprint density at radius 2 is 2.21 bits per heavy atom. The van der Waals surface area contributed by atoms with E-state index < -0.39 is 0 Å². The van der Waals surface area contributed by atoms with E-state index in [9.17, 15) is 0 Å². The molecule has 0 aliphatic carbocycles. The molecular weight excluding hydrogens is 178 g/mol. The molecule has 0 aromatic heterocycles. The Labute approximate surface area is 84.0 Å². The van der Waals surface area contributed by atoms with Crippen molar-refractivity contribution in [3.63, 3.8) is 0 Å². The second-order valence-corrected chi connectivity index (χ2v) is 3.56. The van der Waals surface area contributed by atoms with Crippen LogP contribution in [0.1, 0.15) is 5.56 Å². The third-order valence-corrected chi connectivity index (χ3v) is 2.40. The monoisotopic (exact) mass is 193 g/mol. The predicted octanol–water partition coefficient (Wildman–Crippen LogP) is 1.81. The van der Waals surface area contributed by atoms with E-state index in [0.29, 0.717) is 6.04 Å². The van der Waals surface area contributed by atoms with Gasteiger partial charge in [-0.1, -0.05) is 0 Å². The summed E-state index contributed by atoms with van der Waals surface area (Å²) in [5.74, 6) is 0.931. The minimum absolute atomic E-state index is 0.475. The average Bonchev–Trinajstić information content (AvgIpc) is 2.12. The van der Waals surface area contributed by atoms with E-state index in [2.05, 4.69) is 11.4 Å². The van der Waals surface area contributed by atoms with Gasteiger partial charge in [0.05, 0.1) is 26.4 Å². The third kappa shape index (κ3) is 1.82. The van der Waals surface area contributed by atoms with Crippen LogP contribution in [0.3, 0.4) is 0 Å². The van der Waals surface area contributed by atoms with Gasteiger partial charge in [-0.2, -0.15) is 0 Å². The lowest BCUT2D eigenvalue weighted by Crippen LogP contribution is -2.40. The van der Waals surface area contributed by atoms with Gasteiger partial charge in [0.2, 0.25) is 0 Å². The second-order valence-electron chi connectivity index (χ2n) is 3.56.